The molecular weight excluding hydrogens is 288 g/mol. The Hall–Kier alpha value is -1.72. The highest BCUT2D eigenvalue weighted by atomic mass is 79.9. The summed E-state index contributed by atoms with van der Waals surface area (Å²) in [6.45, 7) is 2.52. The van der Waals surface area contributed by atoms with Gasteiger partial charge in [0.25, 0.3) is 0 Å². The zero-order valence-electron chi connectivity index (χ0n) is 10.1. The lowest BCUT2D eigenvalue weighted by Crippen LogP contribution is -1.99. The Morgan fingerprint density at radius 3 is 2.61 bits per heavy atom. The van der Waals surface area contributed by atoms with Crippen molar-refractivity contribution in [2.75, 3.05) is 0 Å². The van der Waals surface area contributed by atoms with Gasteiger partial charge in [-0.05, 0) is 30.2 Å². The van der Waals surface area contributed by atoms with Crippen molar-refractivity contribution in [2.24, 2.45) is 0 Å². The largest absolute Gasteiger partial charge is 0.487 e. The molecule has 18 heavy (non-hydrogen) atoms. The molecule has 2 rings (SSSR count). The molecule has 0 saturated carbocycles. The first-order chi connectivity index (χ1) is 8.70. The van der Waals surface area contributed by atoms with E-state index in [1.165, 1.54) is 0 Å². The second kappa shape index (κ2) is 5.75. The molecule has 0 unspecified atom stereocenters. The zero-order chi connectivity index (χ0) is 13.0. The highest BCUT2D eigenvalue weighted by Gasteiger charge is 2.07. The number of aryl methyl sites for hydroxylation is 1. The van der Waals surface area contributed by atoms with Crippen molar-refractivity contribution in [1.82, 2.24) is 0 Å². The Morgan fingerprint density at radius 1 is 1.22 bits per heavy atom. The van der Waals surface area contributed by atoms with Crippen LogP contribution in [-0.2, 0) is 6.61 Å². The van der Waals surface area contributed by atoms with Crippen LogP contribution in [0.2, 0.25) is 0 Å². The molecule has 0 fully saturated rings. The Bertz CT molecular complexity index is 582. The van der Waals surface area contributed by atoms with Gasteiger partial charge in [-0.25, -0.2) is 0 Å². The third-order valence-electron chi connectivity index (χ3n) is 2.62. The summed E-state index contributed by atoms with van der Waals surface area (Å²) >= 11 is 3.43. The van der Waals surface area contributed by atoms with Crippen molar-refractivity contribution in [3.8, 4) is 18.1 Å². The molecule has 0 aromatic heterocycles. The van der Waals surface area contributed by atoms with E-state index in [2.05, 4.69) is 21.9 Å². The maximum absolute atomic E-state index is 5.84. The highest BCUT2D eigenvalue weighted by Crippen LogP contribution is 2.28. The first kappa shape index (κ1) is 12.7. The smallest absolute Gasteiger partial charge is 0.138 e. The van der Waals surface area contributed by atoms with Gasteiger partial charge in [0.2, 0.25) is 0 Å². The fourth-order valence-electron chi connectivity index (χ4n) is 1.76. The average molecular weight is 301 g/mol. The fraction of sp³-hybridized carbons (Fsp3) is 0.125. The van der Waals surface area contributed by atoms with E-state index >= 15 is 0 Å². The van der Waals surface area contributed by atoms with Crippen LogP contribution in [0.25, 0.3) is 0 Å². The first-order valence-electron chi connectivity index (χ1n) is 5.64. The van der Waals surface area contributed by atoms with Gasteiger partial charge in [0.1, 0.15) is 12.4 Å². The SMILES string of the molecule is C#Cc1cc(Br)cc(C)c1OCc1ccccc1. The van der Waals surface area contributed by atoms with Crippen LogP contribution in [0.4, 0.5) is 0 Å². The number of hydrogen-bond acceptors (Lipinski definition) is 1. The molecule has 0 aliphatic carbocycles. The molecule has 90 valence electrons. The van der Waals surface area contributed by atoms with E-state index in [0.717, 1.165) is 26.9 Å². The molecule has 0 heterocycles. The summed E-state index contributed by atoms with van der Waals surface area (Å²) in [7, 11) is 0. The van der Waals surface area contributed by atoms with Gasteiger partial charge in [-0.3, -0.25) is 0 Å². The number of rotatable bonds is 3. The Balaban J connectivity index is 2.22. The minimum Gasteiger partial charge on any atom is -0.487 e. The lowest BCUT2D eigenvalue weighted by atomic mass is 10.1. The van der Waals surface area contributed by atoms with Crippen LogP contribution in [0.5, 0.6) is 5.75 Å². The molecule has 1 nitrogen and oxygen atoms in total. The maximum atomic E-state index is 5.84. The van der Waals surface area contributed by atoms with Gasteiger partial charge in [-0.1, -0.05) is 52.2 Å². The van der Waals surface area contributed by atoms with E-state index in [-0.39, 0.29) is 0 Å². The predicted molar refractivity (Wildman–Crippen MR) is 77.6 cm³/mol. The maximum Gasteiger partial charge on any atom is 0.138 e. The topological polar surface area (TPSA) is 9.23 Å². The Labute approximate surface area is 116 Å². The number of benzene rings is 2. The lowest BCUT2D eigenvalue weighted by Gasteiger charge is -2.12. The van der Waals surface area contributed by atoms with Crippen LogP contribution >= 0.6 is 15.9 Å². The van der Waals surface area contributed by atoms with E-state index in [0.29, 0.717) is 6.61 Å². The summed E-state index contributed by atoms with van der Waals surface area (Å²) in [5.41, 5.74) is 2.94. The molecule has 2 aromatic carbocycles. The summed E-state index contributed by atoms with van der Waals surface area (Å²) in [6.07, 6.45) is 5.51. The Morgan fingerprint density at radius 2 is 1.94 bits per heavy atom. The minimum atomic E-state index is 0.526. The molecule has 0 aliphatic rings. The van der Waals surface area contributed by atoms with Crippen LogP contribution in [0, 0.1) is 19.3 Å². The monoisotopic (exact) mass is 300 g/mol. The lowest BCUT2D eigenvalue weighted by molar-refractivity contribution is 0.303. The predicted octanol–water partition coefficient (Wildman–Crippen LogP) is 4.32. The third-order valence-corrected chi connectivity index (χ3v) is 3.08. The molecule has 2 aromatic rings. The van der Waals surface area contributed by atoms with Crippen LogP contribution in [0.15, 0.2) is 46.9 Å². The van der Waals surface area contributed by atoms with Crippen LogP contribution in [0.3, 0.4) is 0 Å². The molecule has 0 atom stereocenters. The summed E-state index contributed by atoms with van der Waals surface area (Å²) < 4.78 is 6.81. The molecule has 0 aliphatic heterocycles. The second-order valence-corrected chi connectivity index (χ2v) is 4.93. The molecular formula is C16H13BrO. The van der Waals surface area contributed by atoms with Gasteiger partial charge >= 0.3 is 0 Å². The van der Waals surface area contributed by atoms with Crippen molar-refractivity contribution < 1.29 is 4.74 Å². The number of ether oxygens (including phenoxy) is 1. The van der Waals surface area contributed by atoms with Crippen molar-refractivity contribution in [3.05, 3.63) is 63.6 Å². The van der Waals surface area contributed by atoms with Gasteiger partial charge in [-0.2, -0.15) is 0 Å². The average Bonchev–Trinajstić information content (AvgIpc) is 2.38. The quantitative estimate of drug-likeness (QED) is 0.767. The van der Waals surface area contributed by atoms with Gasteiger partial charge < -0.3 is 4.74 Å². The van der Waals surface area contributed by atoms with Crippen LogP contribution in [-0.4, -0.2) is 0 Å². The normalized spacial score (nSPS) is 9.83. The molecule has 0 N–H and O–H groups in total. The van der Waals surface area contributed by atoms with E-state index in [4.69, 9.17) is 11.2 Å². The summed E-state index contributed by atoms with van der Waals surface area (Å²) in [6, 6.07) is 13.9. The van der Waals surface area contributed by atoms with Crippen molar-refractivity contribution >= 4 is 15.9 Å². The zero-order valence-corrected chi connectivity index (χ0v) is 11.7. The van der Waals surface area contributed by atoms with Gasteiger partial charge in [-0.15, -0.1) is 6.42 Å². The van der Waals surface area contributed by atoms with Crippen molar-refractivity contribution in [3.63, 3.8) is 0 Å². The van der Waals surface area contributed by atoms with Gasteiger partial charge in [0, 0.05) is 4.47 Å². The number of terminal acetylenes is 1. The fourth-order valence-corrected chi connectivity index (χ4v) is 2.33. The molecule has 0 spiro atoms. The van der Waals surface area contributed by atoms with E-state index < -0.39 is 0 Å². The minimum absolute atomic E-state index is 0.526. The first-order valence-corrected chi connectivity index (χ1v) is 6.43. The van der Waals surface area contributed by atoms with Gasteiger partial charge in [0.15, 0.2) is 0 Å². The molecule has 0 saturated heterocycles. The van der Waals surface area contributed by atoms with Gasteiger partial charge in [0.05, 0.1) is 5.56 Å². The number of halogens is 1. The van der Waals surface area contributed by atoms with Crippen molar-refractivity contribution in [2.45, 2.75) is 13.5 Å². The summed E-state index contributed by atoms with van der Waals surface area (Å²) in [5, 5.41) is 0. The number of hydrogen-bond donors (Lipinski definition) is 0. The van der Waals surface area contributed by atoms with Crippen molar-refractivity contribution in [1.29, 1.82) is 0 Å². The van der Waals surface area contributed by atoms with Crippen LogP contribution < -0.4 is 4.74 Å². The second-order valence-electron chi connectivity index (χ2n) is 4.02. The van der Waals surface area contributed by atoms with E-state index in [9.17, 15) is 0 Å². The molecule has 0 radical (unpaired) electrons. The van der Waals surface area contributed by atoms with Crippen LogP contribution in [0.1, 0.15) is 16.7 Å². The standard InChI is InChI=1S/C16H13BrO/c1-3-14-10-15(17)9-12(2)16(14)18-11-13-7-5-4-6-8-13/h1,4-10H,11H2,2H3. The third kappa shape index (κ3) is 2.94. The van der Waals surface area contributed by atoms with E-state index in [1.807, 2.05) is 49.4 Å². The van der Waals surface area contributed by atoms with E-state index in [1.54, 1.807) is 0 Å². The Kier molecular flexibility index (Phi) is 4.07. The molecule has 0 amide bonds. The summed E-state index contributed by atoms with van der Waals surface area (Å²) in [4.78, 5) is 0. The summed E-state index contributed by atoms with van der Waals surface area (Å²) in [5.74, 6) is 3.44. The molecule has 2 heteroatoms. The molecule has 0 bridgehead atoms. The highest BCUT2D eigenvalue weighted by molar-refractivity contribution is 9.10.